The van der Waals surface area contributed by atoms with Gasteiger partial charge in [-0.15, -0.1) is 11.3 Å². The van der Waals surface area contributed by atoms with E-state index in [1.165, 1.54) is 35.2 Å². The Morgan fingerprint density at radius 2 is 1.91 bits per heavy atom. The average Bonchev–Trinajstić information content (AvgIpc) is 2.98. The van der Waals surface area contributed by atoms with Crippen molar-refractivity contribution in [2.75, 3.05) is 0 Å². The molecule has 2 atom stereocenters. The largest absolute Gasteiger partial charge is 0.481 e. The number of aliphatic carboxylic acids is 2. The third-order valence-corrected chi connectivity index (χ3v) is 5.93. The molecule has 2 unspecified atom stereocenters. The number of carbonyl (C=O) groups is 2. The van der Waals surface area contributed by atoms with Crippen LogP contribution in [0.15, 0.2) is 59.5 Å². The number of allylic oxidation sites excluding steroid dienone is 2. The Balaban J connectivity index is 0.000000182. The van der Waals surface area contributed by atoms with Gasteiger partial charge < -0.3 is 10.2 Å². The third kappa shape index (κ3) is 3.71. The highest BCUT2D eigenvalue weighted by atomic mass is 79.9. The Morgan fingerprint density at radius 1 is 1.22 bits per heavy atom. The van der Waals surface area contributed by atoms with Crippen molar-refractivity contribution in [1.82, 2.24) is 0 Å². The van der Waals surface area contributed by atoms with Gasteiger partial charge in [-0.3, -0.25) is 4.79 Å². The minimum atomic E-state index is -1.21. The number of carboxylic acid groups (broad SMARTS) is 2. The second-order valence-electron chi connectivity index (χ2n) is 5.20. The van der Waals surface area contributed by atoms with Gasteiger partial charge in [0.1, 0.15) is 5.41 Å². The molecule has 4 nitrogen and oxygen atoms in total. The van der Waals surface area contributed by atoms with Crippen molar-refractivity contribution < 1.29 is 19.8 Å². The molecular weight excluding hydrogens is 380 g/mol. The lowest BCUT2D eigenvalue weighted by molar-refractivity contribution is -0.144. The van der Waals surface area contributed by atoms with Gasteiger partial charge in [0.25, 0.3) is 0 Å². The van der Waals surface area contributed by atoms with Gasteiger partial charge >= 0.3 is 11.9 Å². The fourth-order valence-electron chi connectivity index (χ4n) is 2.11. The van der Waals surface area contributed by atoms with Crippen LogP contribution in [0.25, 0.3) is 10.1 Å². The van der Waals surface area contributed by atoms with E-state index in [-0.39, 0.29) is 5.57 Å². The normalized spacial score (nSPS) is 22.9. The molecule has 0 amide bonds. The molecule has 1 aromatic heterocycles. The second kappa shape index (κ2) is 7.10. The van der Waals surface area contributed by atoms with Crippen LogP contribution in [0.4, 0.5) is 0 Å². The summed E-state index contributed by atoms with van der Waals surface area (Å²) in [6, 6.07) is 10.5. The molecule has 0 fully saturated rings. The highest BCUT2D eigenvalue weighted by Crippen LogP contribution is 2.37. The Bertz CT molecular complexity index is 762. The molecule has 0 spiro atoms. The summed E-state index contributed by atoms with van der Waals surface area (Å²) >= 11 is 4.88. The molecule has 1 aliphatic rings. The smallest absolute Gasteiger partial charge is 0.332 e. The Labute approximate surface area is 145 Å². The number of carboxylic acids is 2. The molecule has 1 aromatic carbocycles. The molecular formula is C17H15BrO4S. The zero-order valence-corrected chi connectivity index (χ0v) is 14.7. The van der Waals surface area contributed by atoms with Gasteiger partial charge in [-0.1, -0.05) is 52.4 Å². The predicted molar refractivity (Wildman–Crippen MR) is 95.1 cm³/mol. The van der Waals surface area contributed by atoms with Crippen LogP contribution in [0.3, 0.4) is 0 Å². The van der Waals surface area contributed by atoms with Crippen LogP contribution in [0.1, 0.15) is 6.92 Å². The van der Waals surface area contributed by atoms with Crippen molar-refractivity contribution in [3.8, 4) is 0 Å². The summed E-state index contributed by atoms with van der Waals surface area (Å²) < 4.78 is 1.37. The number of alkyl halides is 1. The van der Waals surface area contributed by atoms with Gasteiger partial charge in [-0.25, -0.2) is 4.79 Å². The van der Waals surface area contributed by atoms with E-state index in [4.69, 9.17) is 10.2 Å². The summed E-state index contributed by atoms with van der Waals surface area (Å²) in [7, 11) is 0. The molecule has 120 valence electrons. The van der Waals surface area contributed by atoms with Crippen LogP contribution < -0.4 is 0 Å². The number of fused-ring (bicyclic) bond motifs is 1. The Hall–Kier alpha value is -1.92. The van der Waals surface area contributed by atoms with Gasteiger partial charge in [0.05, 0.1) is 10.4 Å². The number of halogens is 1. The van der Waals surface area contributed by atoms with E-state index in [0.29, 0.717) is 0 Å². The van der Waals surface area contributed by atoms with E-state index < -0.39 is 22.2 Å². The Kier molecular flexibility index (Phi) is 5.38. The first-order valence-corrected chi connectivity index (χ1v) is 8.58. The van der Waals surface area contributed by atoms with Crippen molar-refractivity contribution >= 4 is 49.3 Å². The lowest BCUT2D eigenvalue weighted by atomic mass is 9.80. The van der Waals surface area contributed by atoms with Gasteiger partial charge in [0, 0.05) is 4.70 Å². The third-order valence-electron chi connectivity index (χ3n) is 3.59. The molecule has 23 heavy (non-hydrogen) atoms. The van der Waals surface area contributed by atoms with Crippen molar-refractivity contribution in [1.29, 1.82) is 0 Å². The molecule has 2 aromatic rings. The zero-order valence-electron chi connectivity index (χ0n) is 12.3. The van der Waals surface area contributed by atoms with E-state index >= 15 is 0 Å². The summed E-state index contributed by atoms with van der Waals surface area (Å²) in [6.07, 6.45) is 4.32. The van der Waals surface area contributed by atoms with Gasteiger partial charge in [-0.05, 0) is 29.8 Å². The molecule has 1 heterocycles. The number of rotatable bonds is 2. The monoisotopic (exact) mass is 394 g/mol. The quantitative estimate of drug-likeness (QED) is 0.743. The van der Waals surface area contributed by atoms with Gasteiger partial charge in [0.2, 0.25) is 0 Å². The van der Waals surface area contributed by atoms with Crippen molar-refractivity contribution in [3.05, 3.63) is 59.5 Å². The zero-order chi connectivity index (χ0) is 17.0. The van der Waals surface area contributed by atoms with Crippen molar-refractivity contribution in [2.45, 2.75) is 11.8 Å². The summed E-state index contributed by atoms with van der Waals surface area (Å²) in [5.41, 5.74) is -1.15. The van der Waals surface area contributed by atoms with E-state index in [1.54, 1.807) is 11.3 Å². The molecule has 0 saturated carbocycles. The highest BCUT2D eigenvalue weighted by molar-refractivity contribution is 9.09. The fraction of sp³-hybridized carbons (Fsp3) is 0.176. The summed E-state index contributed by atoms with van der Waals surface area (Å²) in [5, 5.41) is 21.2. The maximum atomic E-state index is 11.0. The molecule has 0 radical (unpaired) electrons. The molecule has 1 aliphatic carbocycles. The number of benzene rings is 1. The average molecular weight is 395 g/mol. The standard InChI is InChI=1S/C9H9BrO4.C8H6S/c1-9(8(13)14)4-2-3-5(6(9)10)7(11)12;1-2-4-8-7(3-1)5-6-9-8/h2-4,6H,1H3,(H,11,12)(H,13,14);1-6H. The van der Waals surface area contributed by atoms with Crippen LogP contribution in [0.5, 0.6) is 0 Å². The molecule has 3 rings (SSSR count). The minimum absolute atomic E-state index is 0.0531. The van der Waals surface area contributed by atoms with Gasteiger partial charge in [0.15, 0.2) is 0 Å². The van der Waals surface area contributed by atoms with Crippen molar-refractivity contribution in [3.63, 3.8) is 0 Å². The summed E-state index contributed by atoms with van der Waals surface area (Å²) in [5.74, 6) is -2.16. The first-order chi connectivity index (χ1) is 10.9. The van der Waals surface area contributed by atoms with E-state index in [2.05, 4.69) is 51.6 Å². The first kappa shape index (κ1) is 17.4. The van der Waals surface area contributed by atoms with Crippen LogP contribution in [0, 0.1) is 5.41 Å². The van der Waals surface area contributed by atoms with Gasteiger partial charge in [-0.2, -0.15) is 0 Å². The SMILES string of the molecule is CC1(C(=O)O)C=CC=C(C(=O)O)C1Br.c1ccc2sccc2c1. The predicted octanol–water partition coefficient (Wildman–Crippen LogP) is 4.32. The number of thiophene rings is 1. The second-order valence-corrected chi connectivity index (χ2v) is 7.06. The lowest BCUT2D eigenvalue weighted by Gasteiger charge is -2.29. The van der Waals surface area contributed by atoms with E-state index in [1.807, 2.05) is 0 Å². The number of hydrogen-bond acceptors (Lipinski definition) is 3. The molecule has 6 heteroatoms. The fourth-order valence-corrected chi connectivity index (χ4v) is 3.60. The molecule has 0 saturated heterocycles. The van der Waals surface area contributed by atoms with Crippen LogP contribution in [0.2, 0.25) is 0 Å². The van der Waals surface area contributed by atoms with Crippen LogP contribution in [-0.2, 0) is 9.59 Å². The summed E-state index contributed by atoms with van der Waals surface area (Å²) in [6.45, 7) is 1.47. The maximum Gasteiger partial charge on any atom is 0.332 e. The first-order valence-electron chi connectivity index (χ1n) is 6.78. The highest BCUT2D eigenvalue weighted by Gasteiger charge is 2.43. The molecule has 0 bridgehead atoms. The van der Waals surface area contributed by atoms with Crippen molar-refractivity contribution in [2.24, 2.45) is 5.41 Å². The van der Waals surface area contributed by atoms with E-state index in [0.717, 1.165) is 0 Å². The van der Waals surface area contributed by atoms with Crippen LogP contribution >= 0.6 is 27.3 Å². The lowest BCUT2D eigenvalue weighted by Crippen LogP contribution is -2.38. The Morgan fingerprint density at radius 3 is 2.52 bits per heavy atom. The maximum absolute atomic E-state index is 11.0. The van der Waals surface area contributed by atoms with Crippen LogP contribution in [-0.4, -0.2) is 27.0 Å². The van der Waals surface area contributed by atoms with E-state index in [9.17, 15) is 9.59 Å². The topological polar surface area (TPSA) is 74.6 Å². The molecule has 2 N–H and O–H groups in total. The number of hydrogen-bond donors (Lipinski definition) is 2. The molecule has 0 aliphatic heterocycles. The summed E-state index contributed by atoms with van der Waals surface area (Å²) in [4.78, 5) is 21.0. The minimum Gasteiger partial charge on any atom is -0.481 e.